The van der Waals surface area contributed by atoms with Gasteiger partial charge >= 0.3 is 0 Å². The number of nitriles is 1. The van der Waals surface area contributed by atoms with E-state index in [0.717, 1.165) is 11.3 Å². The van der Waals surface area contributed by atoms with Crippen molar-refractivity contribution in [1.82, 2.24) is 0 Å². The van der Waals surface area contributed by atoms with Crippen LogP contribution in [-0.2, 0) is 16.0 Å². The SMILES string of the molecule is COc1ccc(CN(CCC2OCC(CO)CO2)c2ccc(C#N)cc2)cc1F. The van der Waals surface area contributed by atoms with Crippen molar-refractivity contribution in [3.63, 3.8) is 0 Å². The molecule has 0 saturated carbocycles. The molecule has 0 aliphatic carbocycles. The van der Waals surface area contributed by atoms with Gasteiger partial charge in [-0.05, 0) is 42.0 Å². The van der Waals surface area contributed by atoms with Gasteiger partial charge in [-0.3, -0.25) is 0 Å². The molecule has 1 heterocycles. The summed E-state index contributed by atoms with van der Waals surface area (Å²) in [5.41, 5.74) is 2.31. The number of hydrogen-bond acceptors (Lipinski definition) is 6. The Balaban J connectivity index is 1.71. The quantitative estimate of drug-likeness (QED) is 0.734. The fourth-order valence-corrected chi connectivity index (χ4v) is 3.19. The fourth-order valence-electron chi connectivity index (χ4n) is 3.19. The summed E-state index contributed by atoms with van der Waals surface area (Å²) in [7, 11) is 1.44. The molecule has 0 spiro atoms. The Morgan fingerprint density at radius 1 is 1.21 bits per heavy atom. The Morgan fingerprint density at radius 3 is 2.52 bits per heavy atom. The number of nitrogens with zero attached hydrogens (tertiary/aromatic N) is 2. The van der Waals surface area contributed by atoms with Crippen molar-refractivity contribution in [3.05, 3.63) is 59.4 Å². The highest BCUT2D eigenvalue weighted by molar-refractivity contribution is 5.50. The fraction of sp³-hybridized carbons (Fsp3) is 0.409. The zero-order valence-electron chi connectivity index (χ0n) is 16.4. The second-order valence-electron chi connectivity index (χ2n) is 6.98. The normalized spacial score (nSPS) is 18.8. The van der Waals surface area contributed by atoms with E-state index in [1.807, 2.05) is 18.2 Å². The van der Waals surface area contributed by atoms with Crippen LogP contribution in [0.2, 0.25) is 0 Å². The average molecular weight is 400 g/mol. The highest BCUT2D eigenvalue weighted by Gasteiger charge is 2.22. The Hall–Kier alpha value is -2.66. The Morgan fingerprint density at radius 2 is 1.93 bits per heavy atom. The summed E-state index contributed by atoms with van der Waals surface area (Å²) in [6.07, 6.45) is 0.280. The number of anilines is 1. The predicted octanol–water partition coefficient (Wildman–Crippen LogP) is 3.08. The molecule has 0 radical (unpaired) electrons. The zero-order valence-corrected chi connectivity index (χ0v) is 16.4. The molecular formula is C22H25FN2O4. The molecule has 0 aromatic heterocycles. The molecule has 1 saturated heterocycles. The molecule has 2 aromatic rings. The lowest BCUT2D eigenvalue weighted by Gasteiger charge is -2.31. The van der Waals surface area contributed by atoms with Crippen LogP contribution in [0.4, 0.5) is 10.1 Å². The first-order chi connectivity index (χ1) is 14.1. The van der Waals surface area contributed by atoms with Crippen LogP contribution in [0.15, 0.2) is 42.5 Å². The molecule has 0 bridgehead atoms. The van der Waals surface area contributed by atoms with Crippen molar-refractivity contribution in [2.45, 2.75) is 19.3 Å². The highest BCUT2D eigenvalue weighted by atomic mass is 19.1. The average Bonchev–Trinajstić information content (AvgIpc) is 2.77. The van der Waals surface area contributed by atoms with E-state index in [0.29, 0.717) is 38.3 Å². The Labute approximate surface area is 170 Å². The first-order valence-corrected chi connectivity index (χ1v) is 9.54. The van der Waals surface area contributed by atoms with Gasteiger partial charge in [-0.15, -0.1) is 0 Å². The van der Waals surface area contributed by atoms with E-state index in [1.165, 1.54) is 13.2 Å². The second-order valence-corrected chi connectivity index (χ2v) is 6.98. The molecule has 1 N–H and O–H groups in total. The maximum Gasteiger partial charge on any atom is 0.165 e. The van der Waals surface area contributed by atoms with Crippen molar-refractivity contribution in [2.24, 2.45) is 5.92 Å². The first-order valence-electron chi connectivity index (χ1n) is 9.54. The first kappa shape index (κ1) is 21.1. The van der Waals surface area contributed by atoms with Crippen LogP contribution in [0.5, 0.6) is 5.75 Å². The third-order valence-corrected chi connectivity index (χ3v) is 4.88. The lowest BCUT2D eigenvalue weighted by molar-refractivity contribution is -0.206. The number of halogens is 1. The molecule has 3 rings (SSSR count). The number of benzene rings is 2. The topological polar surface area (TPSA) is 75.0 Å². The molecule has 154 valence electrons. The van der Waals surface area contributed by atoms with Crippen LogP contribution in [0.1, 0.15) is 17.5 Å². The van der Waals surface area contributed by atoms with Crippen molar-refractivity contribution in [3.8, 4) is 11.8 Å². The number of rotatable bonds is 8. The van der Waals surface area contributed by atoms with E-state index >= 15 is 0 Å². The molecule has 29 heavy (non-hydrogen) atoms. The van der Waals surface area contributed by atoms with Gasteiger partial charge in [-0.25, -0.2) is 4.39 Å². The molecule has 0 unspecified atom stereocenters. The smallest absolute Gasteiger partial charge is 0.165 e. The lowest BCUT2D eigenvalue weighted by Crippen LogP contribution is -2.36. The highest BCUT2D eigenvalue weighted by Crippen LogP contribution is 2.23. The van der Waals surface area contributed by atoms with E-state index < -0.39 is 5.82 Å². The van der Waals surface area contributed by atoms with Gasteiger partial charge in [0.25, 0.3) is 0 Å². The largest absolute Gasteiger partial charge is 0.494 e. The van der Waals surface area contributed by atoms with Gasteiger partial charge in [0.15, 0.2) is 17.9 Å². The van der Waals surface area contributed by atoms with Crippen LogP contribution < -0.4 is 9.64 Å². The maximum atomic E-state index is 14.1. The van der Waals surface area contributed by atoms with Gasteiger partial charge in [0.05, 0.1) is 38.6 Å². The standard InChI is InChI=1S/C22H25FN2O4/c1-27-21-7-4-17(10-20(21)23)12-25(19-5-2-16(11-24)3-6-19)9-8-22-28-14-18(13-26)15-29-22/h2-7,10,18,22,26H,8-9,12-15H2,1H3. The van der Waals surface area contributed by atoms with Gasteiger partial charge in [0, 0.05) is 31.1 Å². The predicted molar refractivity (Wildman–Crippen MR) is 106 cm³/mol. The van der Waals surface area contributed by atoms with Gasteiger partial charge < -0.3 is 24.2 Å². The minimum absolute atomic E-state index is 0.0168. The molecule has 2 aromatic carbocycles. The third kappa shape index (κ3) is 5.67. The van der Waals surface area contributed by atoms with E-state index in [4.69, 9.17) is 19.5 Å². The zero-order chi connectivity index (χ0) is 20.6. The van der Waals surface area contributed by atoms with E-state index in [-0.39, 0.29) is 24.6 Å². The molecular weight excluding hydrogens is 375 g/mol. The second kappa shape index (κ2) is 10.2. The van der Waals surface area contributed by atoms with Gasteiger partial charge in [-0.1, -0.05) is 6.07 Å². The van der Waals surface area contributed by atoms with Crippen molar-refractivity contribution in [2.75, 3.05) is 38.4 Å². The van der Waals surface area contributed by atoms with Gasteiger partial charge in [0.2, 0.25) is 0 Å². The molecule has 1 fully saturated rings. The Bertz CT molecular complexity index is 830. The van der Waals surface area contributed by atoms with E-state index in [1.54, 1.807) is 18.2 Å². The maximum absolute atomic E-state index is 14.1. The van der Waals surface area contributed by atoms with Crippen LogP contribution in [-0.4, -0.2) is 44.9 Å². The van der Waals surface area contributed by atoms with Gasteiger partial charge in [0.1, 0.15) is 0 Å². The molecule has 1 aliphatic heterocycles. The minimum Gasteiger partial charge on any atom is -0.494 e. The molecule has 0 atom stereocenters. The van der Waals surface area contributed by atoms with Crippen LogP contribution in [0.25, 0.3) is 0 Å². The summed E-state index contributed by atoms with van der Waals surface area (Å²) in [4.78, 5) is 2.09. The molecule has 0 amide bonds. The number of hydrogen-bond donors (Lipinski definition) is 1. The number of methoxy groups -OCH3 is 1. The minimum atomic E-state index is -0.404. The number of ether oxygens (including phenoxy) is 3. The summed E-state index contributed by atoms with van der Waals surface area (Å²) in [6.45, 7) is 2.10. The van der Waals surface area contributed by atoms with Crippen LogP contribution >= 0.6 is 0 Å². The monoisotopic (exact) mass is 400 g/mol. The summed E-state index contributed by atoms with van der Waals surface area (Å²) in [5.74, 6) is -0.178. The van der Waals surface area contributed by atoms with Crippen LogP contribution in [0, 0.1) is 23.1 Å². The lowest BCUT2D eigenvalue weighted by atomic mass is 10.1. The Kier molecular flexibility index (Phi) is 7.42. The molecule has 6 nitrogen and oxygen atoms in total. The summed E-state index contributed by atoms with van der Waals surface area (Å²) in [5, 5.41) is 18.2. The molecule has 7 heteroatoms. The van der Waals surface area contributed by atoms with E-state index in [9.17, 15) is 9.50 Å². The van der Waals surface area contributed by atoms with Crippen LogP contribution in [0.3, 0.4) is 0 Å². The number of aliphatic hydroxyl groups excluding tert-OH is 1. The van der Waals surface area contributed by atoms with Gasteiger partial charge in [-0.2, -0.15) is 5.26 Å². The summed E-state index contributed by atoms with van der Waals surface area (Å²) in [6, 6.07) is 14.3. The van der Waals surface area contributed by atoms with Crippen molar-refractivity contribution < 1.29 is 23.7 Å². The van der Waals surface area contributed by atoms with Crippen molar-refractivity contribution >= 4 is 5.69 Å². The summed E-state index contributed by atoms with van der Waals surface area (Å²) >= 11 is 0. The molecule has 1 aliphatic rings. The number of aliphatic hydroxyl groups is 1. The van der Waals surface area contributed by atoms with Crippen molar-refractivity contribution in [1.29, 1.82) is 5.26 Å². The third-order valence-electron chi connectivity index (χ3n) is 4.88. The van der Waals surface area contributed by atoms with E-state index in [2.05, 4.69) is 11.0 Å². The summed E-state index contributed by atoms with van der Waals surface area (Å²) < 4.78 is 30.4.